The number of rotatable bonds is 0. The summed E-state index contributed by atoms with van der Waals surface area (Å²) in [5.74, 6) is 0.687. The minimum Gasteiger partial charge on any atom is -0.385 e. The fourth-order valence-electron chi connectivity index (χ4n) is 1.02. The van der Waals surface area contributed by atoms with Crippen molar-refractivity contribution in [3.05, 3.63) is 29.0 Å². The number of nitrogens with zero attached hydrogens (tertiary/aromatic N) is 2. The molecule has 0 fully saturated rings. The van der Waals surface area contributed by atoms with Crippen LogP contribution in [0.25, 0.3) is 5.65 Å². The predicted molar refractivity (Wildman–Crippen MR) is 47.3 cm³/mol. The van der Waals surface area contributed by atoms with Crippen LogP contribution in [0.3, 0.4) is 0 Å². The normalized spacial score (nSPS) is 10.6. The van der Waals surface area contributed by atoms with Crippen LogP contribution in [-0.2, 0) is 0 Å². The van der Waals surface area contributed by atoms with Crippen molar-refractivity contribution >= 4 is 27.4 Å². The van der Waals surface area contributed by atoms with Gasteiger partial charge in [0.2, 0.25) is 0 Å². The van der Waals surface area contributed by atoms with Crippen LogP contribution in [0.15, 0.2) is 29.0 Å². The Morgan fingerprint density at radius 3 is 3.00 bits per heavy atom. The number of anilines is 1. The van der Waals surface area contributed by atoms with E-state index in [2.05, 4.69) is 20.9 Å². The predicted octanol–water partition coefficient (Wildman–Crippen LogP) is 1.68. The van der Waals surface area contributed by atoms with E-state index < -0.39 is 0 Å². The number of nitrogen functional groups attached to an aromatic ring is 1. The number of pyridine rings is 1. The van der Waals surface area contributed by atoms with Crippen LogP contribution in [0.5, 0.6) is 0 Å². The Balaban J connectivity index is 2.96. The second-order valence-corrected chi connectivity index (χ2v) is 3.04. The first kappa shape index (κ1) is 6.67. The van der Waals surface area contributed by atoms with Gasteiger partial charge in [0.15, 0.2) is 0 Å². The Bertz CT molecular complexity index is 393. The van der Waals surface area contributed by atoms with Crippen molar-refractivity contribution in [2.45, 2.75) is 0 Å². The summed E-state index contributed by atoms with van der Waals surface area (Å²) >= 11 is 3.34. The van der Waals surface area contributed by atoms with Gasteiger partial charge in [-0.1, -0.05) is 6.07 Å². The lowest BCUT2D eigenvalue weighted by atomic mass is 10.4. The Kier molecular flexibility index (Phi) is 1.35. The van der Waals surface area contributed by atoms with Crippen LogP contribution in [0, 0.1) is 0 Å². The summed E-state index contributed by atoms with van der Waals surface area (Å²) in [6, 6.07) is 5.62. The molecule has 2 aromatic heterocycles. The van der Waals surface area contributed by atoms with Crippen molar-refractivity contribution in [1.82, 2.24) is 9.38 Å². The average molecular weight is 212 g/mol. The first-order chi connectivity index (χ1) is 5.29. The number of hydrogen-bond donors (Lipinski definition) is 1. The molecule has 0 aliphatic heterocycles. The first-order valence-corrected chi connectivity index (χ1v) is 3.96. The Morgan fingerprint density at radius 1 is 1.45 bits per heavy atom. The molecule has 2 N–H and O–H groups in total. The summed E-state index contributed by atoms with van der Waals surface area (Å²) in [4.78, 5) is 4.12. The summed E-state index contributed by atoms with van der Waals surface area (Å²) < 4.78 is 2.71. The molecule has 0 aliphatic carbocycles. The lowest BCUT2D eigenvalue weighted by Gasteiger charge is -1.98. The summed E-state index contributed by atoms with van der Waals surface area (Å²) in [5, 5.41) is 0. The number of aromatic nitrogens is 2. The van der Waals surface area contributed by atoms with Crippen molar-refractivity contribution in [3.8, 4) is 0 Å². The van der Waals surface area contributed by atoms with Crippen molar-refractivity contribution in [1.29, 1.82) is 0 Å². The van der Waals surface area contributed by atoms with Crippen molar-refractivity contribution < 1.29 is 0 Å². The van der Waals surface area contributed by atoms with Gasteiger partial charge in [-0.25, -0.2) is 4.98 Å². The standard InChI is InChI=1S/C7H6BrN3/c8-5-4-10-7-3-1-2-6(9)11(5)7/h1-4H,9H2. The van der Waals surface area contributed by atoms with E-state index in [4.69, 9.17) is 5.73 Å². The first-order valence-electron chi connectivity index (χ1n) is 3.16. The molecular formula is C7H6BrN3. The van der Waals surface area contributed by atoms with Gasteiger partial charge in [-0.3, -0.25) is 4.40 Å². The molecule has 0 amide bonds. The highest BCUT2D eigenvalue weighted by Crippen LogP contribution is 2.16. The molecule has 0 spiro atoms. The third-order valence-corrected chi connectivity index (χ3v) is 2.08. The highest BCUT2D eigenvalue weighted by molar-refractivity contribution is 9.10. The maximum absolute atomic E-state index is 5.69. The van der Waals surface area contributed by atoms with Gasteiger partial charge in [0.05, 0.1) is 6.20 Å². The van der Waals surface area contributed by atoms with Crippen LogP contribution in [0.2, 0.25) is 0 Å². The van der Waals surface area contributed by atoms with Crippen molar-refractivity contribution in [3.63, 3.8) is 0 Å². The quantitative estimate of drug-likeness (QED) is 0.721. The van der Waals surface area contributed by atoms with Gasteiger partial charge in [-0.2, -0.15) is 0 Å². The van der Waals surface area contributed by atoms with Crippen LogP contribution in [0.4, 0.5) is 5.82 Å². The molecule has 3 nitrogen and oxygen atoms in total. The van der Waals surface area contributed by atoms with E-state index in [-0.39, 0.29) is 0 Å². The van der Waals surface area contributed by atoms with Crippen LogP contribution < -0.4 is 5.73 Å². The molecule has 0 radical (unpaired) electrons. The molecule has 2 rings (SSSR count). The van der Waals surface area contributed by atoms with Crippen molar-refractivity contribution in [2.75, 3.05) is 5.73 Å². The third-order valence-electron chi connectivity index (χ3n) is 1.52. The van der Waals surface area contributed by atoms with Gasteiger partial charge in [0.1, 0.15) is 16.1 Å². The number of nitrogens with two attached hydrogens (primary N) is 1. The number of halogens is 1. The maximum atomic E-state index is 5.69. The molecule has 0 saturated heterocycles. The van der Waals surface area contributed by atoms with Crippen LogP contribution in [-0.4, -0.2) is 9.38 Å². The van der Waals surface area contributed by atoms with Gasteiger partial charge in [0.25, 0.3) is 0 Å². The van der Waals surface area contributed by atoms with E-state index in [1.54, 1.807) is 6.20 Å². The molecule has 56 valence electrons. The monoisotopic (exact) mass is 211 g/mol. The minimum atomic E-state index is 0.687. The average Bonchev–Trinajstić information content (AvgIpc) is 2.34. The summed E-state index contributed by atoms with van der Waals surface area (Å²) in [5.41, 5.74) is 6.55. The number of fused-ring (bicyclic) bond motifs is 1. The van der Waals surface area contributed by atoms with E-state index in [9.17, 15) is 0 Å². The zero-order chi connectivity index (χ0) is 7.84. The highest BCUT2D eigenvalue weighted by atomic mass is 79.9. The molecule has 0 bridgehead atoms. The smallest absolute Gasteiger partial charge is 0.139 e. The molecule has 2 heterocycles. The SMILES string of the molecule is Nc1cccc2ncc(Br)n12. The van der Waals surface area contributed by atoms with Gasteiger partial charge in [-0.15, -0.1) is 0 Å². The molecule has 0 aliphatic rings. The molecular weight excluding hydrogens is 206 g/mol. The maximum Gasteiger partial charge on any atom is 0.139 e. The molecule has 0 saturated carbocycles. The van der Waals surface area contributed by atoms with E-state index in [1.165, 1.54) is 0 Å². The topological polar surface area (TPSA) is 43.3 Å². The van der Waals surface area contributed by atoms with E-state index in [0.717, 1.165) is 10.3 Å². The van der Waals surface area contributed by atoms with Gasteiger partial charge >= 0.3 is 0 Å². The van der Waals surface area contributed by atoms with E-state index >= 15 is 0 Å². The fraction of sp³-hybridized carbons (Fsp3) is 0. The Hall–Kier alpha value is -1.03. The number of hydrogen-bond acceptors (Lipinski definition) is 2. The molecule has 0 unspecified atom stereocenters. The minimum absolute atomic E-state index is 0.687. The second kappa shape index (κ2) is 2.23. The lowest BCUT2D eigenvalue weighted by Crippen LogP contribution is -1.95. The Labute approximate surface area is 72.0 Å². The van der Waals surface area contributed by atoms with Crippen molar-refractivity contribution in [2.24, 2.45) is 0 Å². The summed E-state index contributed by atoms with van der Waals surface area (Å²) in [6.45, 7) is 0. The summed E-state index contributed by atoms with van der Waals surface area (Å²) in [6.07, 6.45) is 1.73. The largest absolute Gasteiger partial charge is 0.385 e. The zero-order valence-corrected chi connectivity index (χ0v) is 7.25. The van der Waals surface area contributed by atoms with Crippen LogP contribution >= 0.6 is 15.9 Å². The van der Waals surface area contributed by atoms with Gasteiger partial charge < -0.3 is 5.73 Å². The summed E-state index contributed by atoms with van der Waals surface area (Å²) in [7, 11) is 0. The highest BCUT2D eigenvalue weighted by Gasteiger charge is 2.00. The van der Waals surface area contributed by atoms with Gasteiger partial charge in [-0.05, 0) is 28.1 Å². The van der Waals surface area contributed by atoms with Crippen LogP contribution in [0.1, 0.15) is 0 Å². The fourth-order valence-corrected chi connectivity index (χ4v) is 1.51. The zero-order valence-electron chi connectivity index (χ0n) is 5.66. The molecule has 4 heteroatoms. The van der Waals surface area contributed by atoms with E-state index in [1.807, 2.05) is 22.6 Å². The Morgan fingerprint density at radius 2 is 2.27 bits per heavy atom. The lowest BCUT2D eigenvalue weighted by molar-refractivity contribution is 1.17. The molecule has 0 aromatic carbocycles. The molecule has 0 atom stereocenters. The van der Waals surface area contributed by atoms with Gasteiger partial charge in [0, 0.05) is 0 Å². The second-order valence-electron chi connectivity index (χ2n) is 2.23. The third kappa shape index (κ3) is 0.903. The van der Waals surface area contributed by atoms with E-state index in [0.29, 0.717) is 5.82 Å². The number of imidazole rings is 1. The molecule has 2 aromatic rings. The molecule has 11 heavy (non-hydrogen) atoms.